The molecule has 7 heteroatoms. The Morgan fingerprint density at radius 3 is 2.47 bits per heavy atom. The average molecular weight is 422 g/mol. The van der Waals surface area contributed by atoms with E-state index in [-0.39, 0.29) is 5.91 Å². The Labute approximate surface area is 181 Å². The molecule has 0 unspecified atom stereocenters. The molecule has 0 spiro atoms. The van der Waals surface area contributed by atoms with Crippen LogP contribution in [0, 0.1) is 0 Å². The molecule has 0 N–H and O–H groups in total. The molecule has 6 nitrogen and oxygen atoms in total. The topological polar surface area (TPSA) is 63.9 Å². The number of hydrogen-bond donors (Lipinski definition) is 0. The third-order valence-electron chi connectivity index (χ3n) is 5.55. The molecular formula is C23H27N5OS. The van der Waals surface area contributed by atoms with Crippen LogP contribution in [-0.4, -0.2) is 49.4 Å². The van der Waals surface area contributed by atoms with Gasteiger partial charge in [-0.15, -0.1) is 10.2 Å². The Hall–Kier alpha value is -2.67. The van der Waals surface area contributed by atoms with Crippen molar-refractivity contribution in [2.75, 3.05) is 12.8 Å². The summed E-state index contributed by atoms with van der Waals surface area (Å²) in [6, 6.07) is 10.7. The largest absolute Gasteiger partial charge is 0.342 e. The maximum Gasteiger partial charge on any atom is 0.233 e. The third-order valence-corrected chi connectivity index (χ3v) is 6.47. The van der Waals surface area contributed by atoms with Gasteiger partial charge in [0.05, 0.1) is 11.4 Å². The molecule has 2 aromatic heterocycles. The summed E-state index contributed by atoms with van der Waals surface area (Å²) in [6.45, 7) is 4.32. The van der Waals surface area contributed by atoms with E-state index in [4.69, 9.17) is 0 Å². The molecule has 1 aliphatic carbocycles. The van der Waals surface area contributed by atoms with E-state index >= 15 is 0 Å². The number of benzene rings is 1. The van der Waals surface area contributed by atoms with E-state index in [0.29, 0.717) is 11.8 Å². The number of rotatable bonds is 8. The number of carbonyl (C=O) groups is 1. The highest BCUT2D eigenvalue weighted by atomic mass is 32.2. The number of aryl methyl sites for hydroxylation is 2. The molecule has 4 rings (SSSR count). The van der Waals surface area contributed by atoms with Gasteiger partial charge in [-0.05, 0) is 48.9 Å². The number of aromatic nitrogens is 4. The van der Waals surface area contributed by atoms with Crippen LogP contribution in [-0.2, 0) is 17.6 Å². The molecule has 0 saturated heterocycles. The molecule has 0 radical (unpaired) electrons. The number of para-hydroxylation sites is 1. The summed E-state index contributed by atoms with van der Waals surface area (Å²) in [5.74, 6) is 1.25. The lowest BCUT2D eigenvalue weighted by molar-refractivity contribution is -0.127. The molecule has 1 saturated carbocycles. The Bertz CT molecular complexity index is 1010. The normalized spacial score (nSPS) is 13.4. The first-order chi connectivity index (χ1) is 14.6. The molecule has 156 valence electrons. The van der Waals surface area contributed by atoms with Gasteiger partial charge < -0.3 is 4.90 Å². The van der Waals surface area contributed by atoms with Crippen LogP contribution in [0.3, 0.4) is 0 Å². The van der Waals surface area contributed by atoms with E-state index in [0.717, 1.165) is 47.9 Å². The highest BCUT2D eigenvalue weighted by Crippen LogP contribution is 2.33. The zero-order valence-electron chi connectivity index (χ0n) is 17.7. The second-order valence-electron chi connectivity index (χ2n) is 7.54. The quantitative estimate of drug-likeness (QED) is 0.511. The van der Waals surface area contributed by atoms with Gasteiger partial charge in [0.1, 0.15) is 0 Å². The highest BCUT2D eigenvalue weighted by molar-refractivity contribution is 7.99. The van der Waals surface area contributed by atoms with Crippen LogP contribution in [0.15, 0.2) is 47.9 Å². The van der Waals surface area contributed by atoms with Gasteiger partial charge in [-0.25, -0.2) is 0 Å². The van der Waals surface area contributed by atoms with Crippen molar-refractivity contribution in [2.24, 2.45) is 0 Å². The molecule has 0 bridgehead atoms. The van der Waals surface area contributed by atoms with Crippen molar-refractivity contribution in [3.8, 4) is 17.1 Å². The Kier molecular flexibility index (Phi) is 6.18. The second kappa shape index (κ2) is 9.00. The lowest BCUT2D eigenvalue weighted by Crippen LogP contribution is -2.30. The fourth-order valence-corrected chi connectivity index (χ4v) is 4.50. The molecule has 3 aromatic rings. The molecule has 1 fully saturated rings. The van der Waals surface area contributed by atoms with Gasteiger partial charge in [-0.3, -0.25) is 14.3 Å². The Morgan fingerprint density at radius 1 is 1.13 bits per heavy atom. The van der Waals surface area contributed by atoms with Crippen LogP contribution in [0.5, 0.6) is 0 Å². The van der Waals surface area contributed by atoms with Crippen LogP contribution in [0.25, 0.3) is 17.1 Å². The number of amides is 1. The van der Waals surface area contributed by atoms with Gasteiger partial charge in [0, 0.05) is 31.0 Å². The summed E-state index contributed by atoms with van der Waals surface area (Å²) in [6.07, 6.45) is 7.59. The first-order valence-corrected chi connectivity index (χ1v) is 11.5. The lowest BCUT2D eigenvalue weighted by atomic mass is 10.0. The summed E-state index contributed by atoms with van der Waals surface area (Å²) in [5.41, 5.74) is 4.51. The lowest BCUT2D eigenvalue weighted by Gasteiger charge is -2.19. The minimum Gasteiger partial charge on any atom is -0.342 e. The molecule has 30 heavy (non-hydrogen) atoms. The van der Waals surface area contributed by atoms with Crippen molar-refractivity contribution in [3.05, 3.63) is 53.9 Å². The summed E-state index contributed by atoms with van der Waals surface area (Å²) in [5, 5.41) is 9.74. The zero-order chi connectivity index (χ0) is 21.1. The van der Waals surface area contributed by atoms with Gasteiger partial charge in [-0.2, -0.15) is 0 Å². The van der Waals surface area contributed by atoms with Crippen molar-refractivity contribution in [2.45, 2.75) is 50.7 Å². The summed E-state index contributed by atoms with van der Waals surface area (Å²) < 4.78 is 2.11. The molecule has 0 atom stereocenters. The van der Waals surface area contributed by atoms with Crippen LogP contribution in [0.1, 0.15) is 37.8 Å². The van der Waals surface area contributed by atoms with Gasteiger partial charge in [0.25, 0.3) is 0 Å². The van der Waals surface area contributed by atoms with E-state index < -0.39 is 0 Å². The first kappa shape index (κ1) is 20.6. The molecule has 2 heterocycles. The average Bonchev–Trinajstić information content (AvgIpc) is 3.56. The summed E-state index contributed by atoms with van der Waals surface area (Å²) >= 11 is 1.46. The molecule has 1 amide bonds. The fourth-order valence-electron chi connectivity index (χ4n) is 3.64. The van der Waals surface area contributed by atoms with Crippen LogP contribution in [0.2, 0.25) is 0 Å². The van der Waals surface area contributed by atoms with Gasteiger partial charge in [0.15, 0.2) is 11.0 Å². The van der Waals surface area contributed by atoms with E-state index in [1.54, 1.807) is 12.4 Å². The number of thioether (sulfide) groups is 1. The van der Waals surface area contributed by atoms with Crippen molar-refractivity contribution < 1.29 is 4.79 Å². The standard InChI is InChI=1S/C23H27N5OS/c1-4-16-8-6-9-17(5-2)21(16)28-22(18-10-7-13-24-14-18)25-26-23(28)30-15-20(29)27(3)19-11-12-19/h6-10,13-14,19H,4-5,11-12,15H2,1-3H3. The monoisotopic (exact) mass is 421 g/mol. The molecule has 1 aromatic carbocycles. The van der Waals surface area contributed by atoms with E-state index in [2.05, 4.69) is 51.8 Å². The maximum atomic E-state index is 12.6. The first-order valence-electron chi connectivity index (χ1n) is 10.5. The van der Waals surface area contributed by atoms with Crippen molar-refractivity contribution in [3.63, 3.8) is 0 Å². The number of nitrogens with zero attached hydrogens (tertiary/aromatic N) is 5. The fraction of sp³-hybridized carbons (Fsp3) is 0.391. The second-order valence-corrected chi connectivity index (χ2v) is 8.48. The van der Waals surface area contributed by atoms with E-state index in [1.807, 2.05) is 24.1 Å². The Balaban J connectivity index is 1.77. The number of carbonyl (C=O) groups excluding carboxylic acids is 1. The van der Waals surface area contributed by atoms with Gasteiger partial charge in [0.2, 0.25) is 5.91 Å². The predicted octanol–water partition coefficient (Wildman–Crippen LogP) is 4.17. The molecular weight excluding hydrogens is 394 g/mol. The van der Waals surface area contributed by atoms with Crippen molar-refractivity contribution in [1.82, 2.24) is 24.6 Å². The van der Waals surface area contributed by atoms with E-state index in [9.17, 15) is 4.79 Å². The maximum absolute atomic E-state index is 12.6. The van der Waals surface area contributed by atoms with Crippen LogP contribution in [0.4, 0.5) is 0 Å². The minimum absolute atomic E-state index is 0.138. The van der Waals surface area contributed by atoms with Crippen LogP contribution < -0.4 is 0 Å². The minimum atomic E-state index is 0.138. The van der Waals surface area contributed by atoms with Crippen molar-refractivity contribution >= 4 is 17.7 Å². The van der Waals surface area contributed by atoms with Crippen molar-refractivity contribution in [1.29, 1.82) is 0 Å². The summed E-state index contributed by atoms with van der Waals surface area (Å²) in [4.78, 5) is 18.7. The van der Waals surface area contributed by atoms with Gasteiger partial charge >= 0.3 is 0 Å². The zero-order valence-corrected chi connectivity index (χ0v) is 18.5. The number of hydrogen-bond acceptors (Lipinski definition) is 5. The van der Waals surface area contributed by atoms with Crippen LogP contribution >= 0.6 is 11.8 Å². The number of pyridine rings is 1. The smallest absolute Gasteiger partial charge is 0.233 e. The van der Waals surface area contributed by atoms with Gasteiger partial charge in [-0.1, -0.05) is 43.8 Å². The SMILES string of the molecule is CCc1cccc(CC)c1-n1c(SCC(=O)N(C)C2CC2)nnc1-c1cccnc1. The van der Waals surface area contributed by atoms with E-state index in [1.165, 1.54) is 22.9 Å². The summed E-state index contributed by atoms with van der Waals surface area (Å²) in [7, 11) is 1.90. The molecule has 0 aliphatic heterocycles. The Morgan fingerprint density at radius 2 is 1.87 bits per heavy atom. The third kappa shape index (κ3) is 4.12. The highest BCUT2D eigenvalue weighted by Gasteiger charge is 2.30. The predicted molar refractivity (Wildman–Crippen MR) is 120 cm³/mol. The molecule has 1 aliphatic rings.